The summed E-state index contributed by atoms with van der Waals surface area (Å²) >= 11 is 0. The Morgan fingerprint density at radius 1 is 1.22 bits per heavy atom. The van der Waals surface area contributed by atoms with E-state index < -0.39 is 0 Å². The maximum atomic E-state index is 5.39. The molecule has 1 aromatic heterocycles. The van der Waals surface area contributed by atoms with Crippen molar-refractivity contribution in [2.24, 2.45) is 0 Å². The Morgan fingerprint density at radius 2 is 1.94 bits per heavy atom. The number of hydrogen-bond donors (Lipinski definition) is 1. The lowest BCUT2D eigenvalue weighted by molar-refractivity contribution is 0.414. The molecule has 0 saturated heterocycles. The van der Waals surface area contributed by atoms with Gasteiger partial charge in [-0.15, -0.1) is 0 Å². The lowest BCUT2D eigenvalue weighted by Gasteiger charge is -2.18. The fraction of sp³-hybridized carbons (Fsp3) is 0.333. The monoisotopic (exact) mass is 245 g/mol. The number of benzene rings is 1. The minimum absolute atomic E-state index is 0.166. The molecule has 3 nitrogen and oxygen atoms in total. The van der Waals surface area contributed by atoms with Crippen LogP contribution in [0.3, 0.4) is 0 Å². The number of methoxy groups -OCH3 is 1. The number of aryl methyl sites for hydroxylation is 1. The molecule has 0 aliphatic rings. The van der Waals surface area contributed by atoms with Crippen LogP contribution in [0.15, 0.2) is 41.0 Å². The topological polar surface area (TPSA) is 34.4 Å². The quantitative estimate of drug-likeness (QED) is 0.877. The molecule has 0 fully saturated rings. The zero-order valence-electron chi connectivity index (χ0n) is 11.1. The van der Waals surface area contributed by atoms with E-state index in [9.17, 15) is 0 Å². The van der Waals surface area contributed by atoms with Crippen LogP contribution in [0.1, 0.15) is 29.9 Å². The highest BCUT2D eigenvalue weighted by molar-refractivity contribution is 5.36. The van der Waals surface area contributed by atoms with Gasteiger partial charge in [0.15, 0.2) is 0 Å². The van der Waals surface area contributed by atoms with Crippen molar-refractivity contribution >= 4 is 0 Å². The first-order chi connectivity index (χ1) is 8.76. The molecule has 18 heavy (non-hydrogen) atoms. The third-order valence-corrected chi connectivity index (χ3v) is 3.07. The van der Waals surface area contributed by atoms with E-state index >= 15 is 0 Å². The van der Waals surface area contributed by atoms with Crippen LogP contribution in [0.5, 0.6) is 5.75 Å². The van der Waals surface area contributed by atoms with Crippen LogP contribution in [-0.2, 0) is 0 Å². The first-order valence-electron chi connectivity index (χ1n) is 6.17. The largest absolute Gasteiger partial charge is 0.497 e. The summed E-state index contributed by atoms with van der Waals surface area (Å²) in [7, 11) is 1.68. The molecule has 0 aliphatic heterocycles. The van der Waals surface area contributed by atoms with E-state index in [2.05, 4.69) is 24.4 Å². The van der Waals surface area contributed by atoms with Crippen molar-refractivity contribution in [3.63, 3.8) is 0 Å². The zero-order chi connectivity index (χ0) is 13.0. The van der Waals surface area contributed by atoms with Crippen LogP contribution in [0.4, 0.5) is 0 Å². The van der Waals surface area contributed by atoms with Crippen molar-refractivity contribution in [3.8, 4) is 5.75 Å². The van der Waals surface area contributed by atoms with Gasteiger partial charge in [0.25, 0.3) is 0 Å². The van der Waals surface area contributed by atoms with E-state index in [4.69, 9.17) is 9.15 Å². The second-order valence-electron chi connectivity index (χ2n) is 4.20. The first-order valence-corrected chi connectivity index (χ1v) is 6.17. The summed E-state index contributed by atoms with van der Waals surface area (Å²) in [5.41, 5.74) is 2.39. The molecule has 0 spiro atoms. The Balaban J connectivity index is 2.32. The van der Waals surface area contributed by atoms with Gasteiger partial charge in [0.1, 0.15) is 11.5 Å². The van der Waals surface area contributed by atoms with Gasteiger partial charge in [0, 0.05) is 5.56 Å². The van der Waals surface area contributed by atoms with Crippen LogP contribution in [0, 0.1) is 6.92 Å². The van der Waals surface area contributed by atoms with Crippen molar-refractivity contribution < 1.29 is 9.15 Å². The van der Waals surface area contributed by atoms with Crippen molar-refractivity contribution in [2.75, 3.05) is 13.7 Å². The predicted molar refractivity (Wildman–Crippen MR) is 72.0 cm³/mol. The molecular weight excluding hydrogens is 226 g/mol. The minimum Gasteiger partial charge on any atom is -0.497 e. The maximum absolute atomic E-state index is 5.39. The number of furan rings is 1. The van der Waals surface area contributed by atoms with Crippen molar-refractivity contribution in [1.82, 2.24) is 5.32 Å². The lowest BCUT2D eigenvalue weighted by Crippen LogP contribution is -2.22. The van der Waals surface area contributed by atoms with Gasteiger partial charge in [-0.3, -0.25) is 0 Å². The first kappa shape index (κ1) is 12.7. The second-order valence-corrected chi connectivity index (χ2v) is 4.20. The molecule has 1 atom stereocenters. The lowest BCUT2D eigenvalue weighted by atomic mass is 9.99. The van der Waals surface area contributed by atoms with Gasteiger partial charge in [-0.25, -0.2) is 0 Å². The average Bonchev–Trinajstić information content (AvgIpc) is 2.82. The van der Waals surface area contributed by atoms with Gasteiger partial charge in [-0.2, -0.15) is 0 Å². The summed E-state index contributed by atoms with van der Waals surface area (Å²) in [6.45, 7) is 5.00. The SMILES string of the molecule is CCNC(c1ccc(OC)cc1)c1ccoc1C. The molecule has 96 valence electrons. The number of hydrogen-bond acceptors (Lipinski definition) is 3. The summed E-state index contributed by atoms with van der Waals surface area (Å²) < 4.78 is 10.6. The summed E-state index contributed by atoms with van der Waals surface area (Å²) in [6.07, 6.45) is 1.73. The summed E-state index contributed by atoms with van der Waals surface area (Å²) in [4.78, 5) is 0. The van der Waals surface area contributed by atoms with Gasteiger partial charge in [-0.05, 0) is 37.2 Å². The van der Waals surface area contributed by atoms with Crippen LogP contribution in [0.2, 0.25) is 0 Å². The van der Waals surface area contributed by atoms with Crippen LogP contribution < -0.4 is 10.1 Å². The molecule has 3 heteroatoms. The fourth-order valence-electron chi connectivity index (χ4n) is 2.10. The van der Waals surface area contributed by atoms with Crippen molar-refractivity contribution in [2.45, 2.75) is 19.9 Å². The van der Waals surface area contributed by atoms with E-state index in [-0.39, 0.29) is 6.04 Å². The smallest absolute Gasteiger partial charge is 0.118 e. The number of nitrogens with one attached hydrogen (secondary N) is 1. The molecular formula is C15H19NO2. The molecule has 1 N–H and O–H groups in total. The Bertz CT molecular complexity index is 487. The van der Waals surface area contributed by atoms with Gasteiger partial charge in [-0.1, -0.05) is 19.1 Å². The predicted octanol–water partition coefficient (Wildman–Crippen LogP) is 3.30. The second kappa shape index (κ2) is 5.74. The number of rotatable bonds is 5. The van der Waals surface area contributed by atoms with E-state index in [0.29, 0.717) is 0 Å². The van der Waals surface area contributed by atoms with Gasteiger partial charge in [0.2, 0.25) is 0 Å². The van der Waals surface area contributed by atoms with Crippen LogP contribution in [-0.4, -0.2) is 13.7 Å². The summed E-state index contributed by atoms with van der Waals surface area (Å²) in [5, 5.41) is 3.48. The molecule has 1 unspecified atom stereocenters. The molecule has 0 bridgehead atoms. The zero-order valence-corrected chi connectivity index (χ0v) is 11.1. The molecule has 0 saturated carbocycles. The van der Waals surface area contributed by atoms with Gasteiger partial charge < -0.3 is 14.5 Å². The average molecular weight is 245 g/mol. The third-order valence-electron chi connectivity index (χ3n) is 3.07. The van der Waals surface area contributed by atoms with E-state index in [0.717, 1.165) is 18.1 Å². The van der Waals surface area contributed by atoms with Crippen LogP contribution >= 0.6 is 0 Å². The summed E-state index contributed by atoms with van der Waals surface area (Å²) in [5.74, 6) is 1.83. The highest BCUT2D eigenvalue weighted by Crippen LogP contribution is 2.26. The number of ether oxygens (including phenoxy) is 1. The molecule has 1 heterocycles. The highest BCUT2D eigenvalue weighted by Gasteiger charge is 2.16. The van der Waals surface area contributed by atoms with E-state index in [1.54, 1.807) is 13.4 Å². The maximum Gasteiger partial charge on any atom is 0.118 e. The highest BCUT2D eigenvalue weighted by atomic mass is 16.5. The molecule has 0 aliphatic carbocycles. The fourth-order valence-corrected chi connectivity index (χ4v) is 2.10. The molecule has 2 rings (SSSR count). The van der Waals surface area contributed by atoms with E-state index in [1.165, 1.54) is 11.1 Å². The molecule has 1 aromatic carbocycles. The Morgan fingerprint density at radius 3 is 2.44 bits per heavy atom. The van der Waals surface area contributed by atoms with Gasteiger partial charge in [0.05, 0.1) is 19.4 Å². The summed E-state index contributed by atoms with van der Waals surface area (Å²) in [6, 6.07) is 10.3. The Hall–Kier alpha value is -1.74. The molecule has 0 amide bonds. The Kier molecular flexibility index (Phi) is 4.05. The third kappa shape index (κ3) is 2.57. The molecule has 2 aromatic rings. The van der Waals surface area contributed by atoms with Crippen molar-refractivity contribution in [1.29, 1.82) is 0 Å². The van der Waals surface area contributed by atoms with Crippen LogP contribution in [0.25, 0.3) is 0 Å². The molecule has 0 radical (unpaired) electrons. The van der Waals surface area contributed by atoms with E-state index in [1.807, 2.05) is 25.1 Å². The minimum atomic E-state index is 0.166. The van der Waals surface area contributed by atoms with Gasteiger partial charge >= 0.3 is 0 Å². The standard InChI is InChI=1S/C15H19NO2/c1-4-16-15(14-9-10-18-11(14)2)12-5-7-13(17-3)8-6-12/h5-10,15-16H,4H2,1-3H3. The normalized spacial score (nSPS) is 12.4. The van der Waals surface area contributed by atoms with Crippen molar-refractivity contribution in [3.05, 3.63) is 53.5 Å². The Labute approximate surface area is 108 Å².